The first-order chi connectivity index (χ1) is 10.3. The number of benzene rings is 1. The van der Waals surface area contributed by atoms with E-state index in [0.29, 0.717) is 0 Å². The van der Waals surface area contributed by atoms with Crippen LogP contribution in [-0.2, 0) is 6.42 Å². The van der Waals surface area contributed by atoms with Crippen LogP contribution in [0.15, 0.2) is 14.7 Å². The molecule has 0 fully saturated rings. The Bertz CT molecular complexity index is 480. The van der Waals surface area contributed by atoms with Crippen molar-refractivity contribution in [2.75, 3.05) is 60.7 Å². The lowest BCUT2D eigenvalue weighted by Crippen LogP contribution is -2.36. The van der Waals surface area contributed by atoms with Gasteiger partial charge in [-0.1, -0.05) is 0 Å². The molecule has 22 heavy (non-hydrogen) atoms. The average molecular weight is 363 g/mol. The standard InChI is InChI=1S/C16H28NO2S3/c1-17(2,3)10-9-11-14(20-6)12(18-4)13(19-5)16(22-8)15(11)21-7/h9-10H2,1-8H3/q+1. The van der Waals surface area contributed by atoms with E-state index in [1.165, 1.54) is 20.2 Å². The van der Waals surface area contributed by atoms with Gasteiger partial charge in [-0.05, 0) is 24.3 Å². The monoisotopic (exact) mass is 362 g/mol. The Morgan fingerprint density at radius 3 is 1.59 bits per heavy atom. The molecule has 0 saturated carbocycles. The van der Waals surface area contributed by atoms with Crippen molar-refractivity contribution in [3.8, 4) is 11.5 Å². The van der Waals surface area contributed by atoms with Crippen molar-refractivity contribution in [1.29, 1.82) is 0 Å². The van der Waals surface area contributed by atoms with E-state index in [9.17, 15) is 0 Å². The molecule has 3 nitrogen and oxygen atoms in total. The van der Waals surface area contributed by atoms with E-state index in [1.807, 2.05) is 0 Å². The molecule has 0 aliphatic heterocycles. The predicted molar refractivity (Wildman–Crippen MR) is 101 cm³/mol. The first kappa shape index (κ1) is 19.9. The molecule has 0 unspecified atom stereocenters. The second-order valence-electron chi connectivity index (χ2n) is 5.91. The fraction of sp³-hybridized carbons (Fsp3) is 0.625. The van der Waals surface area contributed by atoms with Crippen molar-refractivity contribution in [1.82, 2.24) is 0 Å². The predicted octanol–water partition coefficient (Wildman–Crippen LogP) is 4.12. The molecular formula is C16H28NO2S3+. The molecule has 0 atom stereocenters. The van der Waals surface area contributed by atoms with Crippen LogP contribution >= 0.6 is 35.3 Å². The molecule has 0 heterocycles. The third-order valence-corrected chi connectivity index (χ3v) is 6.05. The minimum Gasteiger partial charge on any atom is -0.492 e. The Balaban J connectivity index is 3.56. The van der Waals surface area contributed by atoms with Crippen LogP contribution in [0.25, 0.3) is 0 Å². The normalized spacial score (nSPS) is 11.6. The largest absolute Gasteiger partial charge is 0.492 e. The summed E-state index contributed by atoms with van der Waals surface area (Å²) in [5.41, 5.74) is 1.38. The highest BCUT2D eigenvalue weighted by Crippen LogP contribution is 2.50. The van der Waals surface area contributed by atoms with Gasteiger partial charge in [0.1, 0.15) is 0 Å². The van der Waals surface area contributed by atoms with Gasteiger partial charge in [0.15, 0.2) is 11.5 Å². The number of hydrogen-bond donors (Lipinski definition) is 0. The van der Waals surface area contributed by atoms with Crippen LogP contribution in [-0.4, -0.2) is 65.2 Å². The summed E-state index contributed by atoms with van der Waals surface area (Å²) in [7, 11) is 10.1. The molecule has 1 aromatic carbocycles. The Hall–Kier alpha value is -0.170. The van der Waals surface area contributed by atoms with E-state index in [-0.39, 0.29) is 0 Å². The van der Waals surface area contributed by atoms with Gasteiger partial charge in [-0.3, -0.25) is 0 Å². The lowest BCUT2D eigenvalue weighted by Gasteiger charge is -2.27. The maximum atomic E-state index is 5.70. The summed E-state index contributed by atoms with van der Waals surface area (Å²) in [6, 6.07) is 0. The van der Waals surface area contributed by atoms with Gasteiger partial charge >= 0.3 is 0 Å². The second kappa shape index (κ2) is 8.62. The third kappa shape index (κ3) is 4.43. The highest BCUT2D eigenvalue weighted by Gasteiger charge is 2.25. The Kier molecular flexibility index (Phi) is 7.79. The summed E-state index contributed by atoms with van der Waals surface area (Å²) < 4.78 is 12.3. The molecule has 1 rings (SSSR count). The van der Waals surface area contributed by atoms with Crippen molar-refractivity contribution in [3.05, 3.63) is 5.56 Å². The van der Waals surface area contributed by atoms with Gasteiger partial charge in [-0.15, -0.1) is 35.3 Å². The molecule has 0 amide bonds. The molecule has 0 radical (unpaired) electrons. The number of nitrogens with zero attached hydrogens (tertiary/aromatic N) is 1. The molecule has 0 saturated heterocycles. The molecule has 0 aliphatic rings. The van der Waals surface area contributed by atoms with Crippen LogP contribution in [0.5, 0.6) is 11.5 Å². The molecule has 0 bridgehead atoms. The highest BCUT2D eigenvalue weighted by molar-refractivity contribution is 8.02. The summed E-state index contributed by atoms with van der Waals surface area (Å²) in [5, 5.41) is 0. The van der Waals surface area contributed by atoms with Crippen molar-refractivity contribution >= 4 is 35.3 Å². The van der Waals surface area contributed by atoms with Crippen molar-refractivity contribution < 1.29 is 14.0 Å². The lowest BCUT2D eigenvalue weighted by molar-refractivity contribution is -0.870. The maximum absolute atomic E-state index is 5.70. The van der Waals surface area contributed by atoms with E-state index >= 15 is 0 Å². The van der Waals surface area contributed by atoms with Crippen molar-refractivity contribution in [2.45, 2.75) is 21.1 Å². The topological polar surface area (TPSA) is 18.5 Å². The number of hydrogen-bond acceptors (Lipinski definition) is 5. The minimum atomic E-state index is 0.859. The van der Waals surface area contributed by atoms with E-state index in [0.717, 1.165) is 28.9 Å². The molecule has 126 valence electrons. The zero-order valence-corrected chi connectivity index (χ0v) is 17.4. The zero-order chi connectivity index (χ0) is 16.9. The van der Waals surface area contributed by atoms with Gasteiger partial charge in [-0.25, -0.2) is 0 Å². The summed E-state index contributed by atoms with van der Waals surface area (Å²) in [6.45, 7) is 1.09. The van der Waals surface area contributed by atoms with Crippen molar-refractivity contribution in [3.63, 3.8) is 0 Å². The van der Waals surface area contributed by atoms with Gasteiger partial charge in [0.2, 0.25) is 0 Å². The third-order valence-electron chi connectivity index (χ3n) is 3.43. The molecule has 0 N–H and O–H groups in total. The van der Waals surface area contributed by atoms with Gasteiger partial charge in [-0.2, -0.15) is 0 Å². The van der Waals surface area contributed by atoms with Crippen LogP contribution in [0.2, 0.25) is 0 Å². The molecule has 0 aromatic heterocycles. The fourth-order valence-electron chi connectivity index (χ4n) is 2.35. The van der Waals surface area contributed by atoms with Gasteiger partial charge in [0.25, 0.3) is 0 Å². The average Bonchev–Trinajstić information content (AvgIpc) is 2.49. The minimum absolute atomic E-state index is 0.859. The lowest BCUT2D eigenvalue weighted by atomic mass is 10.1. The van der Waals surface area contributed by atoms with Crippen LogP contribution in [0.4, 0.5) is 0 Å². The number of likely N-dealkylation sites (N-methyl/N-ethyl adjacent to an activating group) is 1. The molecule has 0 aliphatic carbocycles. The summed E-state index contributed by atoms with van der Waals surface area (Å²) in [4.78, 5) is 3.71. The number of ether oxygens (including phenoxy) is 2. The molecule has 6 heteroatoms. The van der Waals surface area contributed by atoms with E-state index < -0.39 is 0 Å². The molecule has 0 spiro atoms. The van der Waals surface area contributed by atoms with Gasteiger partial charge in [0.05, 0.1) is 51.7 Å². The number of thioether (sulfide) groups is 3. The summed E-state index contributed by atoms with van der Waals surface area (Å²) in [6.07, 6.45) is 7.37. The second-order valence-corrected chi connectivity index (χ2v) is 8.36. The Labute approximate surface area is 148 Å². The highest BCUT2D eigenvalue weighted by atomic mass is 32.2. The molecule has 1 aromatic rings. The molecular weight excluding hydrogens is 334 g/mol. The maximum Gasteiger partial charge on any atom is 0.176 e. The van der Waals surface area contributed by atoms with Gasteiger partial charge in [0, 0.05) is 11.3 Å². The van der Waals surface area contributed by atoms with Crippen LogP contribution in [0.1, 0.15) is 5.56 Å². The number of methoxy groups -OCH3 is 2. The van der Waals surface area contributed by atoms with E-state index in [4.69, 9.17) is 9.47 Å². The number of quaternary nitrogens is 1. The number of rotatable bonds is 8. The zero-order valence-electron chi connectivity index (χ0n) is 14.9. The Morgan fingerprint density at radius 2 is 1.23 bits per heavy atom. The van der Waals surface area contributed by atoms with Crippen LogP contribution in [0, 0.1) is 0 Å². The quantitative estimate of drug-likeness (QED) is 0.510. The Morgan fingerprint density at radius 1 is 0.773 bits per heavy atom. The summed E-state index contributed by atoms with van der Waals surface area (Å²) in [5.74, 6) is 1.73. The first-order valence-electron chi connectivity index (χ1n) is 7.07. The fourth-order valence-corrected chi connectivity index (χ4v) is 5.12. The smallest absolute Gasteiger partial charge is 0.176 e. The van der Waals surface area contributed by atoms with E-state index in [2.05, 4.69) is 39.9 Å². The van der Waals surface area contributed by atoms with Gasteiger partial charge < -0.3 is 14.0 Å². The SMILES string of the molecule is COc1c(OC)c(SC)c(SC)c(CC[N+](C)(C)C)c1SC. The van der Waals surface area contributed by atoms with Crippen LogP contribution < -0.4 is 9.47 Å². The van der Waals surface area contributed by atoms with E-state index in [1.54, 1.807) is 49.5 Å². The van der Waals surface area contributed by atoms with Crippen molar-refractivity contribution in [2.24, 2.45) is 0 Å². The summed E-state index contributed by atoms with van der Waals surface area (Å²) >= 11 is 5.27. The first-order valence-corrected chi connectivity index (χ1v) is 10.7. The van der Waals surface area contributed by atoms with Crippen LogP contribution in [0.3, 0.4) is 0 Å².